The van der Waals surface area contributed by atoms with Crippen molar-refractivity contribution in [1.82, 2.24) is 5.32 Å². The summed E-state index contributed by atoms with van der Waals surface area (Å²) in [6.07, 6.45) is 1.23. The monoisotopic (exact) mass is 131 g/mol. The van der Waals surface area contributed by atoms with E-state index < -0.39 is 0 Å². The molecule has 0 aliphatic carbocycles. The molecule has 0 heterocycles. The fraction of sp³-hybridized carbons (Fsp3) is 0.250. The lowest BCUT2D eigenvalue weighted by atomic mass is 10.6. The molecule has 0 aliphatic heterocycles. The van der Waals surface area contributed by atoms with E-state index in [1.54, 1.807) is 6.08 Å². The minimum absolute atomic E-state index is 0.364. The highest BCUT2D eigenvalue weighted by Gasteiger charge is 1.89. The molecular formula is C4H9NO2Si. The van der Waals surface area contributed by atoms with Crippen LogP contribution >= 0.6 is 0 Å². The largest absolute Gasteiger partial charge is 0.513 e. The van der Waals surface area contributed by atoms with Gasteiger partial charge in [-0.1, -0.05) is 6.08 Å². The van der Waals surface area contributed by atoms with Crippen LogP contribution in [0.2, 0.25) is 0 Å². The number of carbonyl (C=O) groups is 1. The molecule has 0 rings (SSSR count). The van der Waals surface area contributed by atoms with Crippen molar-refractivity contribution < 1.29 is 9.22 Å². The summed E-state index contributed by atoms with van der Waals surface area (Å²) in [7, 11) is 0.443. The van der Waals surface area contributed by atoms with Gasteiger partial charge in [0, 0.05) is 6.54 Å². The maximum atomic E-state index is 10.2. The summed E-state index contributed by atoms with van der Waals surface area (Å²) >= 11 is 0. The van der Waals surface area contributed by atoms with Gasteiger partial charge in [0.05, 0.1) is 0 Å². The molecule has 0 bridgehead atoms. The van der Waals surface area contributed by atoms with Crippen LogP contribution in [0, 0.1) is 0 Å². The molecule has 0 saturated heterocycles. The summed E-state index contributed by atoms with van der Waals surface area (Å²) in [4.78, 5) is 10.2. The average Bonchev–Trinajstić information content (AvgIpc) is 1.83. The van der Waals surface area contributed by atoms with Crippen LogP contribution < -0.4 is 5.32 Å². The molecule has 1 amide bonds. The second-order valence-corrected chi connectivity index (χ2v) is 1.57. The van der Waals surface area contributed by atoms with Gasteiger partial charge < -0.3 is 9.74 Å². The Bertz CT molecular complexity index is 94.0. The average molecular weight is 131 g/mol. The molecule has 0 fully saturated rings. The van der Waals surface area contributed by atoms with Crippen molar-refractivity contribution in [2.45, 2.75) is 0 Å². The van der Waals surface area contributed by atoms with Crippen LogP contribution in [-0.4, -0.2) is 23.1 Å². The highest BCUT2D eigenvalue weighted by molar-refractivity contribution is 6.04. The molecule has 0 saturated carbocycles. The lowest BCUT2D eigenvalue weighted by molar-refractivity contribution is 0.206. The van der Waals surface area contributed by atoms with E-state index in [1.807, 2.05) is 0 Å². The second kappa shape index (κ2) is 4.39. The highest BCUT2D eigenvalue weighted by atomic mass is 28.2. The topological polar surface area (TPSA) is 38.3 Å². The van der Waals surface area contributed by atoms with Gasteiger partial charge in [-0.25, -0.2) is 4.79 Å². The minimum atomic E-state index is -0.364. The van der Waals surface area contributed by atoms with Gasteiger partial charge in [-0.05, 0) is 0 Å². The molecule has 0 radical (unpaired) electrons. The Hall–Kier alpha value is -0.773. The molecule has 0 spiro atoms. The first kappa shape index (κ1) is 7.23. The Kier molecular flexibility index (Phi) is 3.96. The van der Waals surface area contributed by atoms with Crippen LogP contribution in [0.3, 0.4) is 0 Å². The molecule has 0 aromatic heterocycles. The van der Waals surface area contributed by atoms with E-state index in [4.69, 9.17) is 0 Å². The third-order valence-corrected chi connectivity index (χ3v) is 0.947. The van der Waals surface area contributed by atoms with E-state index in [1.165, 1.54) is 0 Å². The standard InChI is InChI=1S/C4H9NO2Si/c1-2-3-5-4(6)7-8/h2H,1,3H2,8H3,(H,5,6). The quantitative estimate of drug-likeness (QED) is 0.393. The van der Waals surface area contributed by atoms with E-state index in [0.29, 0.717) is 17.0 Å². The van der Waals surface area contributed by atoms with Gasteiger partial charge in [0.15, 0.2) is 0 Å². The Morgan fingerprint density at radius 1 is 2.00 bits per heavy atom. The zero-order chi connectivity index (χ0) is 6.41. The van der Waals surface area contributed by atoms with Crippen LogP contribution in [0.4, 0.5) is 4.79 Å². The predicted octanol–water partition coefficient (Wildman–Crippen LogP) is -0.821. The van der Waals surface area contributed by atoms with Crippen molar-refractivity contribution in [3.8, 4) is 0 Å². The van der Waals surface area contributed by atoms with E-state index in [2.05, 4.69) is 16.3 Å². The number of carbonyl (C=O) groups excluding carboxylic acids is 1. The third kappa shape index (κ3) is 3.42. The van der Waals surface area contributed by atoms with Crippen molar-refractivity contribution in [3.63, 3.8) is 0 Å². The van der Waals surface area contributed by atoms with Gasteiger partial charge in [0.25, 0.3) is 0 Å². The van der Waals surface area contributed by atoms with Gasteiger partial charge in [-0.3, -0.25) is 0 Å². The fourth-order valence-electron chi connectivity index (χ4n) is 0.228. The first-order valence-corrected chi connectivity index (χ1v) is 3.05. The summed E-state index contributed by atoms with van der Waals surface area (Å²) < 4.78 is 4.39. The molecular weight excluding hydrogens is 122 g/mol. The Morgan fingerprint density at radius 2 is 2.62 bits per heavy atom. The van der Waals surface area contributed by atoms with Crippen LogP contribution in [0.15, 0.2) is 12.7 Å². The van der Waals surface area contributed by atoms with Crippen molar-refractivity contribution in [2.24, 2.45) is 0 Å². The smallest absolute Gasteiger partial charge is 0.393 e. The number of hydrogen-bond donors (Lipinski definition) is 1. The molecule has 0 aromatic carbocycles. The van der Waals surface area contributed by atoms with Crippen LogP contribution in [-0.2, 0) is 4.43 Å². The summed E-state index contributed by atoms with van der Waals surface area (Å²) in [5.74, 6) is 0. The molecule has 8 heavy (non-hydrogen) atoms. The fourth-order valence-corrected chi connectivity index (χ4v) is 0.372. The van der Waals surface area contributed by atoms with Crippen molar-refractivity contribution in [3.05, 3.63) is 12.7 Å². The zero-order valence-corrected chi connectivity index (χ0v) is 6.81. The lowest BCUT2D eigenvalue weighted by Gasteiger charge is -1.97. The van der Waals surface area contributed by atoms with Gasteiger partial charge >= 0.3 is 6.09 Å². The Morgan fingerprint density at radius 3 is 3.00 bits per heavy atom. The van der Waals surface area contributed by atoms with E-state index in [9.17, 15) is 4.79 Å². The third-order valence-electron chi connectivity index (χ3n) is 0.576. The summed E-state index contributed by atoms with van der Waals surface area (Å²) in [5, 5.41) is 2.44. The van der Waals surface area contributed by atoms with Crippen molar-refractivity contribution in [1.29, 1.82) is 0 Å². The first-order chi connectivity index (χ1) is 3.81. The molecule has 0 atom stereocenters. The zero-order valence-electron chi connectivity index (χ0n) is 4.81. The molecule has 0 aliphatic rings. The normalized spacial score (nSPS) is 8.00. The number of rotatable bonds is 2. The van der Waals surface area contributed by atoms with E-state index >= 15 is 0 Å². The second-order valence-electron chi connectivity index (χ2n) is 1.16. The SMILES string of the molecule is C=CCNC(=O)O[SiH3]. The highest BCUT2D eigenvalue weighted by Crippen LogP contribution is 1.67. The van der Waals surface area contributed by atoms with Gasteiger partial charge in [-0.15, -0.1) is 6.58 Å². The first-order valence-electron chi connectivity index (χ1n) is 2.24. The van der Waals surface area contributed by atoms with Crippen molar-refractivity contribution >= 4 is 16.6 Å². The predicted molar refractivity (Wildman–Crippen MR) is 34.6 cm³/mol. The molecule has 46 valence electrons. The Labute approximate surface area is 51.3 Å². The van der Waals surface area contributed by atoms with Crippen LogP contribution in [0.1, 0.15) is 0 Å². The lowest BCUT2D eigenvalue weighted by Crippen LogP contribution is -2.22. The molecule has 4 heteroatoms. The summed E-state index contributed by atoms with van der Waals surface area (Å²) in [6, 6.07) is 0. The number of hydrogen-bond acceptors (Lipinski definition) is 2. The Balaban J connectivity index is 3.11. The molecule has 0 aromatic rings. The molecule has 1 N–H and O–H groups in total. The summed E-state index contributed by atoms with van der Waals surface area (Å²) in [5.41, 5.74) is 0. The maximum absolute atomic E-state index is 10.2. The van der Waals surface area contributed by atoms with Crippen molar-refractivity contribution in [2.75, 3.05) is 6.54 Å². The number of nitrogens with one attached hydrogen (secondary N) is 1. The minimum Gasteiger partial charge on any atom is -0.513 e. The van der Waals surface area contributed by atoms with E-state index in [0.717, 1.165) is 0 Å². The van der Waals surface area contributed by atoms with E-state index in [-0.39, 0.29) is 6.09 Å². The van der Waals surface area contributed by atoms with Crippen LogP contribution in [0.25, 0.3) is 0 Å². The van der Waals surface area contributed by atoms with Crippen LogP contribution in [0.5, 0.6) is 0 Å². The van der Waals surface area contributed by atoms with Gasteiger partial charge in [0.1, 0.15) is 0 Å². The molecule has 0 unspecified atom stereocenters. The molecule has 3 nitrogen and oxygen atoms in total. The number of amides is 1. The maximum Gasteiger partial charge on any atom is 0.393 e. The summed E-state index contributed by atoms with van der Waals surface area (Å²) in [6.45, 7) is 3.88. The van der Waals surface area contributed by atoms with Gasteiger partial charge in [0.2, 0.25) is 10.5 Å². The van der Waals surface area contributed by atoms with Gasteiger partial charge in [-0.2, -0.15) is 0 Å².